The molecule has 6 heteroatoms. The van der Waals surface area contributed by atoms with Crippen molar-refractivity contribution in [3.05, 3.63) is 64.2 Å². The molecular formula is C15H14N2O4. The molecule has 0 aliphatic heterocycles. The maximum absolute atomic E-state index is 12.1. The summed E-state index contributed by atoms with van der Waals surface area (Å²) >= 11 is 0. The number of rotatable bonds is 4. The second kappa shape index (κ2) is 6.04. The number of nitro benzene ring substituents is 1. The molecule has 0 bridgehead atoms. The average molecular weight is 286 g/mol. The molecule has 21 heavy (non-hydrogen) atoms. The van der Waals surface area contributed by atoms with E-state index in [9.17, 15) is 14.9 Å². The van der Waals surface area contributed by atoms with E-state index < -0.39 is 10.9 Å². The molecule has 0 saturated carbocycles. The molecule has 0 aliphatic rings. The van der Waals surface area contributed by atoms with Gasteiger partial charge in [0.05, 0.1) is 16.6 Å². The maximum Gasteiger partial charge on any atom is 0.343 e. The van der Waals surface area contributed by atoms with Gasteiger partial charge in [0.2, 0.25) is 0 Å². The van der Waals surface area contributed by atoms with Gasteiger partial charge in [-0.25, -0.2) is 4.79 Å². The first-order valence-electron chi connectivity index (χ1n) is 6.21. The molecule has 0 saturated heterocycles. The summed E-state index contributed by atoms with van der Waals surface area (Å²) in [5.74, 6) is -0.413. The first-order valence-corrected chi connectivity index (χ1v) is 6.21. The van der Waals surface area contributed by atoms with E-state index in [-0.39, 0.29) is 11.4 Å². The largest absolute Gasteiger partial charge is 0.423 e. The number of esters is 1. The maximum atomic E-state index is 12.1. The Morgan fingerprint density at radius 2 is 1.86 bits per heavy atom. The number of non-ortho nitro benzene ring substituents is 1. The summed E-state index contributed by atoms with van der Waals surface area (Å²) in [5.41, 5.74) is 1.12. The minimum atomic E-state index is -0.556. The van der Waals surface area contributed by atoms with Gasteiger partial charge in [-0.15, -0.1) is 0 Å². The predicted molar refractivity (Wildman–Crippen MR) is 78.8 cm³/mol. The van der Waals surface area contributed by atoms with Crippen LogP contribution in [0.3, 0.4) is 0 Å². The van der Waals surface area contributed by atoms with E-state index >= 15 is 0 Å². The number of hydrogen-bond acceptors (Lipinski definition) is 5. The second-order valence-electron chi connectivity index (χ2n) is 4.59. The van der Waals surface area contributed by atoms with Crippen LogP contribution in [0.1, 0.15) is 10.4 Å². The fourth-order valence-electron chi connectivity index (χ4n) is 1.74. The van der Waals surface area contributed by atoms with Crippen LogP contribution in [-0.4, -0.2) is 25.0 Å². The zero-order valence-electron chi connectivity index (χ0n) is 11.6. The van der Waals surface area contributed by atoms with E-state index in [2.05, 4.69) is 0 Å². The molecule has 2 aromatic carbocycles. The van der Waals surface area contributed by atoms with Gasteiger partial charge in [0.1, 0.15) is 5.75 Å². The lowest BCUT2D eigenvalue weighted by Gasteiger charge is -2.13. The molecule has 2 aromatic rings. The van der Waals surface area contributed by atoms with Gasteiger partial charge in [-0.05, 0) is 24.3 Å². The Hall–Kier alpha value is -2.89. The Kier molecular flexibility index (Phi) is 4.18. The third kappa shape index (κ3) is 3.56. The van der Waals surface area contributed by atoms with Gasteiger partial charge in [-0.1, -0.05) is 12.1 Å². The molecular weight excluding hydrogens is 272 g/mol. The Labute approximate surface area is 121 Å². The number of carbonyl (C=O) groups excluding carboxylic acids is 1. The SMILES string of the molecule is CN(C)c1cccc(C(=O)Oc2cccc([N+](=O)[O-])c2)c1. The van der Waals surface area contributed by atoms with Gasteiger partial charge >= 0.3 is 5.97 Å². The molecule has 0 radical (unpaired) electrons. The quantitative estimate of drug-likeness (QED) is 0.374. The summed E-state index contributed by atoms with van der Waals surface area (Å²) in [6.07, 6.45) is 0. The highest BCUT2D eigenvalue weighted by Gasteiger charge is 2.12. The van der Waals surface area contributed by atoms with Crippen LogP contribution in [0.25, 0.3) is 0 Å². The number of carbonyl (C=O) groups is 1. The molecule has 0 unspecified atom stereocenters. The van der Waals surface area contributed by atoms with Crippen molar-refractivity contribution < 1.29 is 14.5 Å². The molecule has 0 fully saturated rings. The highest BCUT2D eigenvalue weighted by molar-refractivity contribution is 5.92. The highest BCUT2D eigenvalue weighted by atomic mass is 16.6. The van der Waals surface area contributed by atoms with Gasteiger partial charge in [0.15, 0.2) is 0 Å². The normalized spacial score (nSPS) is 10.0. The van der Waals surface area contributed by atoms with Gasteiger partial charge in [-0.2, -0.15) is 0 Å². The molecule has 6 nitrogen and oxygen atoms in total. The predicted octanol–water partition coefficient (Wildman–Crippen LogP) is 2.88. The second-order valence-corrected chi connectivity index (χ2v) is 4.59. The third-order valence-electron chi connectivity index (χ3n) is 2.84. The molecule has 0 atom stereocenters. The molecule has 108 valence electrons. The summed E-state index contributed by atoms with van der Waals surface area (Å²) in [5, 5.41) is 10.7. The van der Waals surface area contributed by atoms with Crippen molar-refractivity contribution in [2.75, 3.05) is 19.0 Å². The number of nitrogens with zero attached hydrogens (tertiary/aromatic N) is 2. The number of nitro groups is 1. The first-order chi connectivity index (χ1) is 9.97. The fourth-order valence-corrected chi connectivity index (χ4v) is 1.74. The molecule has 2 rings (SSSR count). The Balaban J connectivity index is 2.20. The van der Waals surface area contributed by atoms with E-state index in [1.54, 1.807) is 18.2 Å². The molecule has 0 aromatic heterocycles. The lowest BCUT2D eigenvalue weighted by atomic mass is 10.2. The van der Waals surface area contributed by atoms with E-state index in [1.807, 2.05) is 25.1 Å². The number of hydrogen-bond donors (Lipinski definition) is 0. The Morgan fingerprint density at radius 1 is 1.14 bits per heavy atom. The average Bonchev–Trinajstić information content (AvgIpc) is 2.47. The van der Waals surface area contributed by atoms with Gasteiger partial charge in [0, 0.05) is 25.8 Å². The monoisotopic (exact) mass is 286 g/mol. The van der Waals surface area contributed by atoms with Crippen LogP contribution in [0.5, 0.6) is 5.75 Å². The van der Waals surface area contributed by atoms with Crippen LogP contribution < -0.4 is 9.64 Å². The van der Waals surface area contributed by atoms with Gasteiger partial charge < -0.3 is 9.64 Å². The summed E-state index contributed by atoms with van der Waals surface area (Å²) in [7, 11) is 3.73. The summed E-state index contributed by atoms with van der Waals surface area (Å²) in [4.78, 5) is 24.1. The lowest BCUT2D eigenvalue weighted by molar-refractivity contribution is -0.384. The molecule has 0 N–H and O–H groups in total. The summed E-state index contributed by atoms with van der Waals surface area (Å²) in [6.45, 7) is 0. The van der Waals surface area contributed by atoms with Crippen molar-refractivity contribution in [3.63, 3.8) is 0 Å². The van der Waals surface area contributed by atoms with Crippen molar-refractivity contribution in [1.29, 1.82) is 0 Å². The van der Waals surface area contributed by atoms with Gasteiger partial charge in [-0.3, -0.25) is 10.1 Å². The van der Waals surface area contributed by atoms with Crippen molar-refractivity contribution >= 4 is 17.3 Å². The minimum Gasteiger partial charge on any atom is -0.423 e. The smallest absolute Gasteiger partial charge is 0.343 e. The van der Waals surface area contributed by atoms with E-state index in [0.29, 0.717) is 5.56 Å². The highest BCUT2D eigenvalue weighted by Crippen LogP contribution is 2.21. The fraction of sp³-hybridized carbons (Fsp3) is 0.133. The zero-order valence-corrected chi connectivity index (χ0v) is 11.6. The van der Waals surface area contributed by atoms with E-state index in [0.717, 1.165) is 5.69 Å². The third-order valence-corrected chi connectivity index (χ3v) is 2.84. The van der Waals surface area contributed by atoms with Crippen LogP contribution >= 0.6 is 0 Å². The lowest BCUT2D eigenvalue weighted by Crippen LogP contribution is -2.12. The molecule has 0 spiro atoms. The standard InChI is InChI=1S/C15H14N2O4/c1-16(2)12-6-3-5-11(9-12)15(18)21-14-8-4-7-13(10-14)17(19)20/h3-10H,1-2H3. The number of benzene rings is 2. The minimum absolute atomic E-state index is 0.123. The van der Waals surface area contributed by atoms with Gasteiger partial charge in [0.25, 0.3) is 5.69 Å². The zero-order chi connectivity index (χ0) is 15.4. The van der Waals surface area contributed by atoms with Crippen molar-refractivity contribution in [3.8, 4) is 5.75 Å². The summed E-state index contributed by atoms with van der Waals surface area (Å²) < 4.78 is 5.16. The van der Waals surface area contributed by atoms with Crippen molar-refractivity contribution in [1.82, 2.24) is 0 Å². The first kappa shape index (κ1) is 14.5. The number of anilines is 1. The van der Waals surface area contributed by atoms with E-state index in [1.165, 1.54) is 24.3 Å². The van der Waals surface area contributed by atoms with E-state index in [4.69, 9.17) is 4.74 Å². The van der Waals surface area contributed by atoms with Crippen LogP contribution in [0, 0.1) is 10.1 Å². The molecule has 0 aliphatic carbocycles. The van der Waals surface area contributed by atoms with Crippen LogP contribution in [0.15, 0.2) is 48.5 Å². The molecule has 0 heterocycles. The Morgan fingerprint density at radius 3 is 2.52 bits per heavy atom. The number of ether oxygens (including phenoxy) is 1. The Bertz CT molecular complexity index is 683. The summed E-state index contributed by atoms with van der Waals surface area (Å²) in [6, 6.07) is 12.5. The van der Waals surface area contributed by atoms with Crippen LogP contribution in [-0.2, 0) is 0 Å². The van der Waals surface area contributed by atoms with Crippen LogP contribution in [0.4, 0.5) is 11.4 Å². The van der Waals surface area contributed by atoms with Crippen molar-refractivity contribution in [2.45, 2.75) is 0 Å². The van der Waals surface area contributed by atoms with Crippen molar-refractivity contribution in [2.24, 2.45) is 0 Å². The topological polar surface area (TPSA) is 72.7 Å². The molecule has 0 amide bonds. The van der Waals surface area contributed by atoms with Crippen LogP contribution in [0.2, 0.25) is 0 Å².